The number of anilines is 1. The Bertz CT molecular complexity index is 483. The molecule has 7 heteroatoms. The van der Waals surface area contributed by atoms with Gasteiger partial charge in [0, 0.05) is 17.8 Å². The van der Waals surface area contributed by atoms with Crippen molar-refractivity contribution in [1.82, 2.24) is 10.6 Å². The monoisotopic (exact) mass is 301 g/mol. The Hall–Kier alpha value is -1.76. The van der Waals surface area contributed by atoms with E-state index in [4.69, 9.17) is 0 Å². The largest absolute Gasteiger partial charge is 0.401 e. The molecule has 1 aliphatic rings. The van der Waals surface area contributed by atoms with E-state index in [9.17, 15) is 18.0 Å². The van der Waals surface area contributed by atoms with E-state index >= 15 is 0 Å². The molecule has 21 heavy (non-hydrogen) atoms. The zero-order valence-corrected chi connectivity index (χ0v) is 11.6. The molecule has 1 atom stereocenters. The van der Waals surface area contributed by atoms with Crippen LogP contribution in [0, 0.1) is 0 Å². The van der Waals surface area contributed by atoms with Crippen LogP contribution in [-0.4, -0.2) is 24.8 Å². The first-order valence-electron chi connectivity index (χ1n) is 6.81. The van der Waals surface area contributed by atoms with Gasteiger partial charge in [0.25, 0.3) is 0 Å². The number of nitrogens with one attached hydrogen (secondary N) is 3. The highest BCUT2D eigenvalue weighted by molar-refractivity contribution is 5.89. The van der Waals surface area contributed by atoms with E-state index in [-0.39, 0.29) is 12.1 Å². The molecule has 3 N–H and O–H groups in total. The number of rotatable bonds is 5. The van der Waals surface area contributed by atoms with E-state index in [0.717, 1.165) is 18.4 Å². The minimum absolute atomic E-state index is 0.256. The Kier molecular flexibility index (Phi) is 4.72. The third-order valence-corrected chi connectivity index (χ3v) is 3.19. The van der Waals surface area contributed by atoms with E-state index < -0.39 is 18.8 Å². The molecule has 4 nitrogen and oxygen atoms in total. The second kappa shape index (κ2) is 6.34. The van der Waals surface area contributed by atoms with E-state index in [1.807, 2.05) is 0 Å². The van der Waals surface area contributed by atoms with Gasteiger partial charge >= 0.3 is 12.2 Å². The first-order chi connectivity index (χ1) is 9.83. The normalized spacial score (nSPS) is 16.4. The van der Waals surface area contributed by atoms with Gasteiger partial charge in [-0.2, -0.15) is 13.2 Å². The molecule has 0 radical (unpaired) electrons. The van der Waals surface area contributed by atoms with Crippen LogP contribution in [0.15, 0.2) is 24.3 Å². The third-order valence-electron chi connectivity index (χ3n) is 3.19. The third kappa shape index (κ3) is 5.63. The molecule has 116 valence electrons. The van der Waals surface area contributed by atoms with Crippen LogP contribution >= 0.6 is 0 Å². The van der Waals surface area contributed by atoms with Crippen molar-refractivity contribution in [1.29, 1.82) is 0 Å². The minimum atomic E-state index is -4.23. The Balaban J connectivity index is 1.84. The highest BCUT2D eigenvalue weighted by Crippen LogP contribution is 2.20. The van der Waals surface area contributed by atoms with E-state index in [1.165, 1.54) is 0 Å². The van der Waals surface area contributed by atoms with E-state index in [2.05, 4.69) is 16.0 Å². The number of carbonyl (C=O) groups excluding carboxylic acids is 1. The molecule has 0 heterocycles. The lowest BCUT2D eigenvalue weighted by Gasteiger charge is -2.16. The van der Waals surface area contributed by atoms with Crippen molar-refractivity contribution in [3.63, 3.8) is 0 Å². The Labute approximate surface area is 121 Å². The van der Waals surface area contributed by atoms with Gasteiger partial charge in [-0.1, -0.05) is 12.1 Å². The average Bonchev–Trinajstić information content (AvgIpc) is 3.19. The van der Waals surface area contributed by atoms with Crippen LogP contribution in [0.3, 0.4) is 0 Å². The highest BCUT2D eigenvalue weighted by atomic mass is 19.4. The molecular formula is C14H18F3N3O. The highest BCUT2D eigenvalue weighted by Gasteiger charge is 2.27. The van der Waals surface area contributed by atoms with Crippen molar-refractivity contribution >= 4 is 11.7 Å². The predicted molar refractivity (Wildman–Crippen MR) is 74.1 cm³/mol. The van der Waals surface area contributed by atoms with Crippen molar-refractivity contribution < 1.29 is 18.0 Å². The molecule has 1 aliphatic carbocycles. The van der Waals surface area contributed by atoms with Gasteiger partial charge in [0.2, 0.25) is 0 Å². The summed E-state index contributed by atoms with van der Waals surface area (Å²) in [7, 11) is 0. The summed E-state index contributed by atoms with van der Waals surface area (Å²) in [5, 5.41) is 7.88. The minimum Gasteiger partial charge on any atom is -0.335 e. The van der Waals surface area contributed by atoms with Crippen molar-refractivity contribution in [3.05, 3.63) is 29.8 Å². The Morgan fingerprint density at radius 2 is 1.90 bits per heavy atom. The molecule has 0 aliphatic heterocycles. The molecule has 0 unspecified atom stereocenters. The van der Waals surface area contributed by atoms with E-state index in [1.54, 1.807) is 31.2 Å². The predicted octanol–water partition coefficient (Wildman–Crippen LogP) is 3.18. The number of carbonyl (C=O) groups is 1. The summed E-state index contributed by atoms with van der Waals surface area (Å²) in [6, 6.07) is 6.34. The maximum absolute atomic E-state index is 12.1. The van der Waals surface area contributed by atoms with E-state index in [0.29, 0.717) is 5.69 Å². The van der Waals surface area contributed by atoms with Gasteiger partial charge in [0.05, 0.1) is 6.54 Å². The number of urea groups is 1. The number of benzene rings is 1. The number of amides is 2. The number of halogens is 3. The number of hydrogen-bond acceptors (Lipinski definition) is 2. The Morgan fingerprint density at radius 1 is 1.29 bits per heavy atom. The van der Waals surface area contributed by atoms with Crippen LogP contribution in [0.1, 0.15) is 31.4 Å². The molecule has 0 aromatic heterocycles. The molecule has 0 bridgehead atoms. The molecule has 2 amide bonds. The summed E-state index contributed by atoms with van der Waals surface area (Å²) < 4.78 is 36.4. The summed E-state index contributed by atoms with van der Waals surface area (Å²) >= 11 is 0. The van der Waals surface area contributed by atoms with Gasteiger partial charge < -0.3 is 16.0 Å². The van der Waals surface area contributed by atoms with Crippen molar-refractivity contribution in [2.45, 2.75) is 38.0 Å². The first kappa shape index (κ1) is 15.6. The topological polar surface area (TPSA) is 53.2 Å². The summed E-state index contributed by atoms with van der Waals surface area (Å²) in [5.74, 6) is 0. The van der Waals surface area contributed by atoms with Crippen molar-refractivity contribution in [2.24, 2.45) is 0 Å². The maximum atomic E-state index is 12.1. The average molecular weight is 301 g/mol. The molecule has 0 saturated heterocycles. The first-order valence-corrected chi connectivity index (χ1v) is 6.81. The second-order valence-corrected chi connectivity index (χ2v) is 5.21. The number of alkyl halides is 3. The van der Waals surface area contributed by atoms with Crippen molar-refractivity contribution in [2.75, 3.05) is 11.9 Å². The van der Waals surface area contributed by atoms with Crippen LogP contribution in [-0.2, 0) is 0 Å². The van der Waals surface area contributed by atoms with Crippen molar-refractivity contribution in [3.8, 4) is 0 Å². The fourth-order valence-electron chi connectivity index (χ4n) is 1.82. The van der Waals surface area contributed by atoms with Crippen LogP contribution in [0.25, 0.3) is 0 Å². The lowest BCUT2D eigenvalue weighted by Crippen LogP contribution is -2.31. The fraction of sp³-hybridized carbons (Fsp3) is 0.500. The summed E-state index contributed by atoms with van der Waals surface area (Å²) in [4.78, 5) is 11.5. The summed E-state index contributed by atoms with van der Waals surface area (Å²) in [5.41, 5.74) is 1.34. The van der Waals surface area contributed by atoms with Gasteiger partial charge in [0.1, 0.15) is 0 Å². The maximum Gasteiger partial charge on any atom is 0.401 e. The molecule has 1 fully saturated rings. The SMILES string of the molecule is C[C@@H](NCC(F)(F)F)c1ccc(NC(=O)NC2CC2)cc1. The molecule has 2 rings (SSSR count). The fourth-order valence-corrected chi connectivity index (χ4v) is 1.82. The van der Waals surface area contributed by atoms with Gasteiger partial charge in [-0.15, -0.1) is 0 Å². The molecule has 1 aromatic carbocycles. The molecule has 0 spiro atoms. The van der Waals surface area contributed by atoms with Crippen LogP contribution in [0.2, 0.25) is 0 Å². The van der Waals surface area contributed by atoms with Gasteiger partial charge in [0.15, 0.2) is 0 Å². The zero-order valence-electron chi connectivity index (χ0n) is 11.6. The second-order valence-electron chi connectivity index (χ2n) is 5.21. The Morgan fingerprint density at radius 3 is 2.43 bits per heavy atom. The summed E-state index contributed by atoms with van der Waals surface area (Å²) in [6.45, 7) is 0.631. The summed E-state index contributed by atoms with van der Waals surface area (Å²) in [6.07, 6.45) is -2.21. The smallest absolute Gasteiger partial charge is 0.335 e. The van der Waals surface area contributed by atoms with Gasteiger partial charge in [-0.05, 0) is 37.5 Å². The quantitative estimate of drug-likeness (QED) is 0.782. The van der Waals surface area contributed by atoms with Crippen LogP contribution < -0.4 is 16.0 Å². The molecular weight excluding hydrogens is 283 g/mol. The lowest BCUT2D eigenvalue weighted by molar-refractivity contribution is -0.126. The van der Waals surface area contributed by atoms with Crippen LogP contribution in [0.5, 0.6) is 0 Å². The molecule has 1 saturated carbocycles. The van der Waals surface area contributed by atoms with Gasteiger partial charge in [-0.25, -0.2) is 4.79 Å². The number of hydrogen-bond donors (Lipinski definition) is 3. The van der Waals surface area contributed by atoms with Crippen LogP contribution in [0.4, 0.5) is 23.7 Å². The zero-order chi connectivity index (χ0) is 15.5. The standard InChI is InChI=1S/C14H18F3N3O/c1-9(18-8-14(15,16)17)10-2-4-11(5-3-10)19-13(21)20-12-6-7-12/h2-5,9,12,18H,6-8H2,1H3,(H2,19,20,21)/t9-/m1/s1. The van der Waals surface area contributed by atoms with Gasteiger partial charge in [-0.3, -0.25) is 0 Å². The molecule has 1 aromatic rings. The lowest BCUT2D eigenvalue weighted by atomic mass is 10.1.